The fourth-order valence-corrected chi connectivity index (χ4v) is 7.53. The molecule has 0 amide bonds. The number of fused-ring (bicyclic) bond motifs is 6. The van der Waals surface area contributed by atoms with Gasteiger partial charge in [-0.15, -0.1) is 0 Å². The van der Waals surface area contributed by atoms with Gasteiger partial charge in [0.15, 0.2) is 5.79 Å². The quantitative estimate of drug-likeness (QED) is 0.456. The Hall–Kier alpha value is 1.06. The molecular weight excluding hydrogens is 527 g/mol. The van der Waals surface area contributed by atoms with Gasteiger partial charge >= 0.3 is 0 Å². The van der Waals surface area contributed by atoms with Crippen LogP contribution in [0.1, 0.15) is 65.2 Å². The number of aliphatic hydroxyl groups excluding tert-OH is 1. The van der Waals surface area contributed by atoms with Gasteiger partial charge in [-0.2, -0.15) is 0 Å². The van der Waals surface area contributed by atoms with E-state index in [1.54, 1.807) is 5.57 Å². The van der Waals surface area contributed by atoms with E-state index in [-0.39, 0.29) is 61.4 Å². The minimum Gasteiger partial charge on any atom is -0.393 e. The molecule has 1 spiro atoms. The maximum atomic E-state index is 10.1. The van der Waals surface area contributed by atoms with E-state index in [2.05, 4.69) is 19.9 Å². The zero-order chi connectivity index (χ0) is 16.6. The van der Waals surface area contributed by atoms with Gasteiger partial charge in [-0.3, -0.25) is 0 Å². The molecular formula is C21H32AcO3. The molecule has 137 valence electrons. The summed E-state index contributed by atoms with van der Waals surface area (Å²) >= 11 is 0. The van der Waals surface area contributed by atoms with Crippen molar-refractivity contribution in [3.05, 3.63) is 11.6 Å². The van der Waals surface area contributed by atoms with Crippen LogP contribution in [0.4, 0.5) is 0 Å². The van der Waals surface area contributed by atoms with E-state index in [4.69, 9.17) is 9.47 Å². The van der Waals surface area contributed by atoms with Gasteiger partial charge in [0.25, 0.3) is 0 Å². The summed E-state index contributed by atoms with van der Waals surface area (Å²) in [4.78, 5) is 0. The van der Waals surface area contributed by atoms with Gasteiger partial charge in [-0.1, -0.05) is 25.5 Å². The summed E-state index contributed by atoms with van der Waals surface area (Å²) in [6.45, 7) is 6.50. The van der Waals surface area contributed by atoms with Crippen LogP contribution in [0.15, 0.2) is 11.6 Å². The van der Waals surface area contributed by atoms with E-state index >= 15 is 0 Å². The Labute approximate surface area is 187 Å². The standard InChI is InChI=1S/C21H32O3.Ac/c1-19-8-5-15(22)13-14(19)3-4-16-17(19)6-9-20(2)18(16)7-10-21(20)23-11-12-24-21;/h3,15-18,22H,4-13H2,1-2H3;/t15?,16?,17?,18?,19-,20-;/m0./s1. The van der Waals surface area contributed by atoms with Crippen LogP contribution >= 0.6 is 0 Å². The minimum atomic E-state index is -0.281. The van der Waals surface area contributed by atoms with E-state index in [1.807, 2.05) is 0 Å². The molecule has 5 rings (SSSR count). The number of hydrogen-bond donors (Lipinski definition) is 1. The largest absolute Gasteiger partial charge is 0.393 e. The van der Waals surface area contributed by atoms with Gasteiger partial charge in [0.05, 0.1) is 19.3 Å². The number of rotatable bonds is 0. The van der Waals surface area contributed by atoms with Crippen molar-refractivity contribution in [2.45, 2.75) is 77.1 Å². The summed E-state index contributed by atoms with van der Waals surface area (Å²) < 4.78 is 12.5. The first-order chi connectivity index (χ1) is 11.5. The third-order valence-corrected chi connectivity index (χ3v) is 8.88. The average Bonchev–Trinajstić information content (AvgIpc) is 3.15. The van der Waals surface area contributed by atoms with E-state index in [9.17, 15) is 5.11 Å². The van der Waals surface area contributed by atoms with E-state index in [0.29, 0.717) is 5.41 Å². The molecule has 0 aromatic heterocycles. The van der Waals surface area contributed by atoms with Crippen LogP contribution in [0.3, 0.4) is 0 Å². The van der Waals surface area contributed by atoms with Gasteiger partial charge in [0, 0.05) is 55.9 Å². The van der Waals surface area contributed by atoms with Gasteiger partial charge in [0.2, 0.25) is 0 Å². The van der Waals surface area contributed by atoms with E-state index < -0.39 is 0 Å². The maximum Gasteiger partial charge on any atom is 0.174 e. The molecule has 3 nitrogen and oxygen atoms in total. The molecule has 1 aliphatic heterocycles. The van der Waals surface area contributed by atoms with Crippen LogP contribution in [0.25, 0.3) is 0 Å². The molecule has 4 fully saturated rings. The zero-order valence-corrected chi connectivity index (χ0v) is 20.5. The molecule has 1 radical (unpaired) electrons. The first-order valence-electron chi connectivity index (χ1n) is 10.1. The summed E-state index contributed by atoms with van der Waals surface area (Å²) in [6.07, 6.45) is 11.6. The summed E-state index contributed by atoms with van der Waals surface area (Å²) in [6, 6.07) is 0. The van der Waals surface area contributed by atoms with Crippen LogP contribution in [-0.2, 0) is 9.47 Å². The molecule has 0 aromatic carbocycles. The van der Waals surface area contributed by atoms with Crippen molar-refractivity contribution in [1.82, 2.24) is 0 Å². The van der Waals surface area contributed by atoms with Crippen molar-refractivity contribution >= 4 is 0 Å². The number of allylic oxidation sites excluding steroid dienone is 1. The SMILES string of the molecule is C[C@]12CCC(O)CC1=CCC1C2CC[C@@]2(C)C1CCC21OCCO1.[Ac]. The predicted octanol–water partition coefficient (Wildman–Crippen LogP) is 4.05. The number of ether oxygens (including phenoxy) is 2. The topological polar surface area (TPSA) is 38.7 Å². The Morgan fingerprint density at radius 2 is 1.72 bits per heavy atom. The second-order valence-electron chi connectivity index (χ2n) is 9.60. The molecule has 1 heterocycles. The molecule has 4 heteroatoms. The van der Waals surface area contributed by atoms with Crippen LogP contribution in [0, 0.1) is 72.6 Å². The predicted molar refractivity (Wildman–Crippen MR) is 92.3 cm³/mol. The smallest absolute Gasteiger partial charge is 0.174 e. The average molecular weight is 559 g/mol. The molecule has 1 N–H and O–H groups in total. The summed E-state index contributed by atoms with van der Waals surface area (Å²) in [5.41, 5.74) is 2.09. The van der Waals surface area contributed by atoms with Gasteiger partial charge in [-0.25, -0.2) is 0 Å². The van der Waals surface area contributed by atoms with Gasteiger partial charge in [-0.05, 0) is 68.1 Å². The van der Waals surface area contributed by atoms with Crippen molar-refractivity contribution in [1.29, 1.82) is 0 Å². The van der Waals surface area contributed by atoms with E-state index in [0.717, 1.165) is 50.2 Å². The third-order valence-electron chi connectivity index (χ3n) is 8.88. The van der Waals surface area contributed by atoms with Gasteiger partial charge < -0.3 is 14.6 Å². The molecule has 4 aliphatic carbocycles. The first-order valence-corrected chi connectivity index (χ1v) is 10.1. The number of hydrogen-bond acceptors (Lipinski definition) is 3. The molecule has 0 aromatic rings. The second kappa shape index (κ2) is 6.55. The van der Waals surface area contributed by atoms with Crippen molar-refractivity contribution in [2.75, 3.05) is 13.2 Å². The molecule has 0 bridgehead atoms. The minimum absolute atomic E-state index is 0. The first kappa shape index (κ1) is 19.4. The third kappa shape index (κ3) is 2.57. The van der Waals surface area contributed by atoms with Crippen molar-refractivity contribution < 1.29 is 58.6 Å². The summed E-state index contributed by atoms with van der Waals surface area (Å²) in [7, 11) is 0. The van der Waals surface area contributed by atoms with Crippen LogP contribution in [0.5, 0.6) is 0 Å². The Bertz CT molecular complexity index is 569. The summed E-state index contributed by atoms with van der Waals surface area (Å²) in [5, 5.41) is 10.1. The maximum absolute atomic E-state index is 10.1. The fourth-order valence-electron chi connectivity index (χ4n) is 7.53. The Balaban J connectivity index is 0.00000157. The van der Waals surface area contributed by atoms with Crippen molar-refractivity contribution in [2.24, 2.45) is 28.6 Å². The zero-order valence-electron chi connectivity index (χ0n) is 15.8. The number of aliphatic hydroxyl groups is 1. The van der Waals surface area contributed by atoms with Crippen molar-refractivity contribution in [3.8, 4) is 0 Å². The van der Waals surface area contributed by atoms with E-state index in [1.165, 1.54) is 32.1 Å². The molecule has 1 saturated heterocycles. The molecule has 4 unspecified atom stereocenters. The van der Waals surface area contributed by atoms with Crippen molar-refractivity contribution in [3.63, 3.8) is 0 Å². The van der Waals surface area contributed by atoms with Crippen LogP contribution < -0.4 is 0 Å². The summed E-state index contributed by atoms with van der Waals surface area (Å²) in [5.74, 6) is 2.02. The normalized spacial score (nSPS) is 50.4. The van der Waals surface area contributed by atoms with Gasteiger partial charge in [0.1, 0.15) is 0 Å². The fraction of sp³-hybridized carbons (Fsp3) is 0.905. The van der Waals surface area contributed by atoms with Crippen LogP contribution in [-0.4, -0.2) is 30.2 Å². The van der Waals surface area contributed by atoms with Crippen LogP contribution in [0.2, 0.25) is 0 Å². The second-order valence-corrected chi connectivity index (χ2v) is 9.60. The monoisotopic (exact) mass is 559 g/mol. The Morgan fingerprint density at radius 3 is 2.48 bits per heavy atom. The molecule has 5 aliphatic rings. The molecule has 3 saturated carbocycles. The Morgan fingerprint density at radius 1 is 1.00 bits per heavy atom. The Kier molecular flexibility index (Phi) is 5.08. The molecule has 25 heavy (non-hydrogen) atoms. The molecule has 6 atom stereocenters.